The molecular weight excluding hydrogens is 378 g/mol. The van der Waals surface area contributed by atoms with E-state index < -0.39 is 0 Å². The molecule has 3 aromatic carbocycles. The third-order valence-electron chi connectivity index (χ3n) is 4.38. The van der Waals surface area contributed by atoms with Crippen molar-refractivity contribution in [2.75, 3.05) is 16.8 Å². The van der Waals surface area contributed by atoms with E-state index in [1.807, 2.05) is 48.5 Å². The van der Waals surface area contributed by atoms with Crippen LogP contribution in [0.15, 0.2) is 78.9 Å². The van der Waals surface area contributed by atoms with Crippen LogP contribution in [-0.2, 0) is 9.59 Å². The number of hydrogen-bond donors (Lipinski definition) is 1. The van der Waals surface area contributed by atoms with E-state index in [4.69, 9.17) is 10.00 Å². The van der Waals surface area contributed by atoms with Gasteiger partial charge in [0.25, 0.3) is 0 Å². The number of para-hydroxylation sites is 3. The lowest BCUT2D eigenvalue weighted by atomic mass is 10.2. The van der Waals surface area contributed by atoms with E-state index >= 15 is 0 Å². The predicted molar refractivity (Wildman–Crippen MR) is 115 cm³/mol. The van der Waals surface area contributed by atoms with Gasteiger partial charge in [-0.05, 0) is 48.5 Å². The van der Waals surface area contributed by atoms with E-state index in [9.17, 15) is 9.59 Å². The SMILES string of the molecule is CC(=O)N(CCC(=O)Nc1ccccc1Oc1ccccc1)c1ccc(C#N)cc1. The number of carbonyl (C=O) groups excluding carboxylic acids is 2. The molecule has 0 aromatic heterocycles. The molecule has 0 bridgehead atoms. The van der Waals surface area contributed by atoms with Crippen LogP contribution in [0.1, 0.15) is 18.9 Å². The lowest BCUT2D eigenvalue weighted by Crippen LogP contribution is -2.31. The van der Waals surface area contributed by atoms with Crippen molar-refractivity contribution in [1.29, 1.82) is 5.26 Å². The van der Waals surface area contributed by atoms with Gasteiger partial charge < -0.3 is 15.0 Å². The fraction of sp³-hybridized carbons (Fsp3) is 0.125. The summed E-state index contributed by atoms with van der Waals surface area (Å²) in [5.74, 6) is 0.787. The number of nitrogens with one attached hydrogen (secondary N) is 1. The quantitative estimate of drug-likeness (QED) is 0.622. The highest BCUT2D eigenvalue weighted by atomic mass is 16.5. The van der Waals surface area contributed by atoms with E-state index in [1.54, 1.807) is 36.4 Å². The molecule has 0 radical (unpaired) electrons. The Kier molecular flexibility index (Phi) is 6.80. The molecule has 0 heterocycles. The van der Waals surface area contributed by atoms with Crippen molar-refractivity contribution in [1.82, 2.24) is 0 Å². The number of ether oxygens (including phenoxy) is 1. The second-order valence-electron chi connectivity index (χ2n) is 6.54. The molecule has 0 aliphatic rings. The molecule has 150 valence electrons. The van der Waals surface area contributed by atoms with Crippen molar-refractivity contribution in [3.8, 4) is 17.6 Å². The largest absolute Gasteiger partial charge is 0.455 e. The Morgan fingerprint density at radius 2 is 1.63 bits per heavy atom. The van der Waals surface area contributed by atoms with Crippen LogP contribution in [-0.4, -0.2) is 18.4 Å². The highest BCUT2D eigenvalue weighted by molar-refractivity contribution is 5.95. The molecule has 0 aliphatic carbocycles. The van der Waals surface area contributed by atoms with Crippen molar-refractivity contribution in [3.63, 3.8) is 0 Å². The number of carbonyl (C=O) groups is 2. The van der Waals surface area contributed by atoms with Gasteiger partial charge in [-0.3, -0.25) is 9.59 Å². The zero-order chi connectivity index (χ0) is 21.3. The maximum atomic E-state index is 12.5. The molecule has 0 aliphatic heterocycles. The summed E-state index contributed by atoms with van der Waals surface area (Å²) in [5, 5.41) is 11.8. The Hall–Kier alpha value is -4.11. The van der Waals surface area contributed by atoms with Gasteiger partial charge in [-0.25, -0.2) is 0 Å². The molecule has 30 heavy (non-hydrogen) atoms. The normalized spacial score (nSPS) is 10.0. The monoisotopic (exact) mass is 399 g/mol. The second-order valence-corrected chi connectivity index (χ2v) is 6.54. The third kappa shape index (κ3) is 5.46. The molecule has 0 saturated carbocycles. The minimum absolute atomic E-state index is 0.110. The first-order valence-electron chi connectivity index (χ1n) is 9.47. The van der Waals surface area contributed by atoms with Gasteiger partial charge in [-0.1, -0.05) is 30.3 Å². The lowest BCUT2D eigenvalue weighted by molar-refractivity contribution is -0.117. The Morgan fingerprint density at radius 1 is 0.967 bits per heavy atom. The Morgan fingerprint density at radius 3 is 2.30 bits per heavy atom. The molecule has 6 heteroatoms. The number of rotatable bonds is 7. The van der Waals surface area contributed by atoms with Crippen molar-refractivity contribution in [2.45, 2.75) is 13.3 Å². The van der Waals surface area contributed by atoms with Gasteiger partial charge in [-0.2, -0.15) is 5.26 Å². The standard InChI is InChI=1S/C24H21N3O3/c1-18(28)27(20-13-11-19(17-25)12-14-20)16-15-24(29)26-22-9-5-6-10-23(22)30-21-7-3-2-4-8-21/h2-14H,15-16H2,1H3,(H,26,29). The number of nitrogens with zero attached hydrogens (tertiary/aromatic N) is 2. The maximum absolute atomic E-state index is 12.5. The highest BCUT2D eigenvalue weighted by Gasteiger charge is 2.15. The summed E-state index contributed by atoms with van der Waals surface area (Å²) >= 11 is 0. The molecular formula is C24H21N3O3. The fourth-order valence-corrected chi connectivity index (χ4v) is 2.88. The minimum Gasteiger partial charge on any atom is -0.455 e. The number of nitriles is 1. The van der Waals surface area contributed by atoms with Crippen LogP contribution in [0.2, 0.25) is 0 Å². The third-order valence-corrected chi connectivity index (χ3v) is 4.38. The van der Waals surface area contributed by atoms with Crippen molar-refractivity contribution in [2.24, 2.45) is 0 Å². The topological polar surface area (TPSA) is 82.4 Å². The molecule has 0 saturated heterocycles. The van der Waals surface area contributed by atoms with Gasteiger partial charge in [0.05, 0.1) is 17.3 Å². The second kappa shape index (κ2) is 9.89. The van der Waals surface area contributed by atoms with Gasteiger partial charge in [0.2, 0.25) is 11.8 Å². The predicted octanol–water partition coefficient (Wildman–Crippen LogP) is 4.73. The molecule has 2 amide bonds. The van der Waals surface area contributed by atoms with Crippen LogP contribution in [0.3, 0.4) is 0 Å². The molecule has 0 unspecified atom stereocenters. The molecule has 3 rings (SSSR count). The summed E-state index contributed by atoms with van der Waals surface area (Å²) in [7, 11) is 0. The van der Waals surface area contributed by atoms with Crippen molar-refractivity contribution in [3.05, 3.63) is 84.4 Å². The summed E-state index contributed by atoms with van der Waals surface area (Å²) in [6.07, 6.45) is 0.110. The lowest BCUT2D eigenvalue weighted by Gasteiger charge is -2.21. The van der Waals surface area contributed by atoms with Crippen LogP contribution in [0.5, 0.6) is 11.5 Å². The first kappa shape index (κ1) is 20.6. The Bertz CT molecular complexity index is 1060. The first-order valence-corrected chi connectivity index (χ1v) is 9.47. The van der Waals surface area contributed by atoms with Crippen LogP contribution in [0.4, 0.5) is 11.4 Å². The summed E-state index contributed by atoms with van der Waals surface area (Å²) in [6.45, 7) is 1.66. The van der Waals surface area contributed by atoms with Gasteiger partial charge in [-0.15, -0.1) is 0 Å². The summed E-state index contributed by atoms with van der Waals surface area (Å²) in [5.41, 5.74) is 1.70. The van der Waals surface area contributed by atoms with Gasteiger partial charge >= 0.3 is 0 Å². The van der Waals surface area contributed by atoms with E-state index in [0.29, 0.717) is 28.4 Å². The number of amides is 2. The molecule has 0 spiro atoms. The number of anilines is 2. The molecule has 0 fully saturated rings. The summed E-state index contributed by atoms with van der Waals surface area (Å²) in [6, 6.07) is 25.2. The summed E-state index contributed by atoms with van der Waals surface area (Å²) in [4.78, 5) is 26.1. The van der Waals surface area contributed by atoms with Gasteiger partial charge in [0.15, 0.2) is 5.75 Å². The highest BCUT2D eigenvalue weighted by Crippen LogP contribution is 2.29. The van der Waals surface area contributed by atoms with Crippen LogP contribution in [0, 0.1) is 11.3 Å². The average Bonchev–Trinajstić information content (AvgIpc) is 2.76. The number of benzene rings is 3. The van der Waals surface area contributed by atoms with E-state index in [2.05, 4.69) is 5.32 Å². The molecule has 1 N–H and O–H groups in total. The smallest absolute Gasteiger partial charge is 0.226 e. The van der Waals surface area contributed by atoms with Gasteiger partial charge in [0, 0.05) is 25.6 Å². The van der Waals surface area contributed by atoms with Crippen molar-refractivity contribution >= 4 is 23.2 Å². The Labute approximate surface area is 175 Å². The van der Waals surface area contributed by atoms with Crippen LogP contribution < -0.4 is 15.0 Å². The maximum Gasteiger partial charge on any atom is 0.226 e. The Balaban J connectivity index is 1.65. The van der Waals surface area contributed by atoms with Gasteiger partial charge in [0.1, 0.15) is 5.75 Å². The summed E-state index contributed by atoms with van der Waals surface area (Å²) < 4.78 is 5.86. The molecule has 3 aromatic rings. The zero-order valence-electron chi connectivity index (χ0n) is 16.5. The van der Waals surface area contributed by atoms with E-state index in [-0.39, 0.29) is 24.8 Å². The van der Waals surface area contributed by atoms with E-state index in [1.165, 1.54) is 11.8 Å². The van der Waals surface area contributed by atoms with Crippen LogP contribution >= 0.6 is 0 Å². The number of hydrogen-bond acceptors (Lipinski definition) is 4. The zero-order valence-corrected chi connectivity index (χ0v) is 16.5. The van der Waals surface area contributed by atoms with E-state index in [0.717, 1.165) is 0 Å². The first-order chi connectivity index (χ1) is 14.6. The molecule has 6 nitrogen and oxygen atoms in total. The van der Waals surface area contributed by atoms with Crippen molar-refractivity contribution < 1.29 is 14.3 Å². The molecule has 0 atom stereocenters. The fourth-order valence-electron chi connectivity index (χ4n) is 2.88. The minimum atomic E-state index is -0.237. The van der Waals surface area contributed by atoms with Crippen LogP contribution in [0.25, 0.3) is 0 Å². The average molecular weight is 399 g/mol.